The molecule has 2 aromatic rings. The largest absolute Gasteiger partial charge is 0.496 e. The molecule has 0 aliphatic carbocycles. The number of benzene rings is 2. The van der Waals surface area contributed by atoms with Crippen molar-refractivity contribution in [3.05, 3.63) is 53.6 Å². The first-order valence-corrected chi connectivity index (χ1v) is 9.31. The number of amides is 1. The second-order valence-electron chi connectivity index (χ2n) is 6.74. The van der Waals surface area contributed by atoms with Crippen LogP contribution in [-0.2, 0) is 16.1 Å². The minimum absolute atomic E-state index is 0.274. The van der Waals surface area contributed by atoms with Crippen LogP contribution in [0, 0.1) is 5.92 Å². The smallest absolute Gasteiger partial charge is 0.338 e. The summed E-state index contributed by atoms with van der Waals surface area (Å²) in [5.41, 5.74) is 1.10. The summed E-state index contributed by atoms with van der Waals surface area (Å²) in [6.07, 6.45) is 0. The first kappa shape index (κ1) is 22.1. The molecule has 1 amide bonds. The van der Waals surface area contributed by atoms with Crippen LogP contribution in [0.1, 0.15) is 29.8 Å². The number of hydrogen-bond donors (Lipinski definition) is 1. The fourth-order valence-electron chi connectivity index (χ4n) is 2.48. The lowest BCUT2D eigenvalue weighted by Crippen LogP contribution is -2.28. The van der Waals surface area contributed by atoms with Gasteiger partial charge in [0, 0.05) is 12.1 Å². The third-order valence-electron chi connectivity index (χ3n) is 3.97. The minimum atomic E-state index is -0.619. The molecule has 0 aromatic heterocycles. The number of nitrogens with one attached hydrogen (secondary N) is 1. The van der Waals surface area contributed by atoms with Gasteiger partial charge in [-0.15, -0.1) is 0 Å². The van der Waals surface area contributed by atoms with Crippen molar-refractivity contribution in [2.24, 2.45) is 5.92 Å². The summed E-state index contributed by atoms with van der Waals surface area (Å²) < 4.78 is 21.3. The van der Waals surface area contributed by atoms with Crippen molar-refractivity contribution in [1.82, 2.24) is 5.32 Å². The van der Waals surface area contributed by atoms with Gasteiger partial charge in [-0.05, 0) is 30.2 Å². The number of hydrogen-bond acceptors (Lipinski definition) is 6. The summed E-state index contributed by atoms with van der Waals surface area (Å²) in [5, 5.41) is 2.70. The Morgan fingerprint density at radius 1 is 0.966 bits per heavy atom. The second kappa shape index (κ2) is 10.9. The number of para-hydroxylation sites is 1. The van der Waals surface area contributed by atoms with Crippen molar-refractivity contribution in [3.63, 3.8) is 0 Å². The summed E-state index contributed by atoms with van der Waals surface area (Å²) in [7, 11) is 3.06. The summed E-state index contributed by atoms with van der Waals surface area (Å²) in [6, 6.07) is 12.1. The molecule has 0 saturated carbocycles. The van der Waals surface area contributed by atoms with Crippen LogP contribution < -0.4 is 19.5 Å². The standard InChI is InChI=1S/C22H27NO6/c1-15(2)13-28-19-10-9-16(11-20(19)27-4)22(25)29-14-21(24)23-12-17-7-5-6-8-18(17)26-3/h5-11,15H,12-14H2,1-4H3,(H,23,24). The third kappa shape index (κ3) is 6.71. The van der Waals surface area contributed by atoms with Gasteiger partial charge in [-0.2, -0.15) is 0 Å². The van der Waals surface area contributed by atoms with Crippen molar-refractivity contribution in [2.45, 2.75) is 20.4 Å². The molecule has 156 valence electrons. The molecule has 0 aliphatic rings. The van der Waals surface area contributed by atoms with E-state index in [2.05, 4.69) is 5.32 Å². The number of carbonyl (C=O) groups is 2. The molecule has 0 spiro atoms. The van der Waals surface area contributed by atoms with Gasteiger partial charge >= 0.3 is 5.97 Å². The van der Waals surface area contributed by atoms with Crippen molar-refractivity contribution in [2.75, 3.05) is 27.4 Å². The van der Waals surface area contributed by atoms with E-state index in [0.717, 1.165) is 5.56 Å². The zero-order chi connectivity index (χ0) is 21.2. The van der Waals surface area contributed by atoms with E-state index in [0.29, 0.717) is 29.8 Å². The van der Waals surface area contributed by atoms with E-state index in [4.69, 9.17) is 18.9 Å². The quantitative estimate of drug-likeness (QED) is 0.616. The molecular weight excluding hydrogens is 374 g/mol. The van der Waals surface area contributed by atoms with Gasteiger partial charge in [-0.3, -0.25) is 4.79 Å². The highest BCUT2D eigenvalue weighted by molar-refractivity contribution is 5.92. The normalized spacial score (nSPS) is 10.4. The molecule has 0 fully saturated rings. The van der Waals surface area contributed by atoms with Gasteiger partial charge in [0.25, 0.3) is 5.91 Å². The van der Waals surface area contributed by atoms with Crippen LogP contribution in [0.4, 0.5) is 0 Å². The summed E-state index contributed by atoms with van der Waals surface area (Å²) in [5.74, 6) is 0.989. The van der Waals surface area contributed by atoms with Gasteiger partial charge in [0.1, 0.15) is 5.75 Å². The molecule has 0 radical (unpaired) electrons. The molecule has 0 heterocycles. The molecule has 0 bridgehead atoms. The van der Waals surface area contributed by atoms with Crippen LogP contribution in [0.5, 0.6) is 17.2 Å². The van der Waals surface area contributed by atoms with E-state index in [-0.39, 0.29) is 18.7 Å². The molecule has 2 rings (SSSR count). The van der Waals surface area contributed by atoms with Gasteiger partial charge in [0.2, 0.25) is 0 Å². The van der Waals surface area contributed by atoms with Crippen LogP contribution >= 0.6 is 0 Å². The average Bonchev–Trinajstić information content (AvgIpc) is 2.74. The molecule has 7 nitrogen and oxygen atoms in total. The topological polar surface area (TPSA) is 83.1 Å². The number of methoxy groups -OCH3 is 2. The van der Waals surface area contributed by atoms with Gasteiger partial charge in [0.15, 0.2) is 18.1 Å². The van der Waals surface area contributed by atoms with E-state index in [9.17, 15) is 9.59 Å². The zero-order valence-corrected chi connectivity index (χ0v) is 17.2. The molecule has 1 N–H and O–H groups in total. The molecule has 0 saturated heterocycles. The predicted molar refractivity (Wildman–Crippen MR) is 108 cm³/mol. The van der Waals surface area contributed by atoms with E-state index in [1.807, 2.05) is 38.1 Å². The number of ether oxygens (including phenoxy) is 4. The summed E-state index contributed by atoms with van der Waals surface area (Å²) in [6.45, 7) is 4.50. The molecule has 7 heteroatoms. The van der Waals surface area contributed by atoms with Gasteiger partial charge in [0.05, 0.1) is 26.4 Å². The predicted octanol–water partition coefficient (Wildman–Crippen LogP) is 3.21. The van der Waals surface area contributed by atoms with Crippen LogP contribution in [0.2, 0.25) is 0 Å². The lowest BCUT2D eigenvalue weighted by molar-refractivity contribution is -0.124. The highest BCUT2D eigenvalue weighted by Gasteiger charge is 2.14. The van der Waals surface area contributed by atoms with Crippen LogP contribution in [0.3, 0.4) is 0 Å². The maximum atomic E-state index is 12.3. The number of rotatable bonds is 10. The Morgan fingerprint density at radius 3 is 2.38 bits per heavy atom. The molecule has 29 heavy (non-hydrogen) atoms. The SMILES string of the molecule is COc1ccccc1CNC(=O)COC(=O)c1ccc(OCC(C)C)c(OC)c1. The lowest BCUT2D eigenvalue weighted by atomic mass is 10.2. The number of esters is 1. The van der Waals surface area contributed by atoms with Crippen LogP contribution in [0.15, 0.2) is 42.5 Å². The average molecular weight is 401 g/mol. The molecule has 0 unspecified atom stereocenters. The Hall–Kier alpha value is -3.22. The van der Waals surface area contributed by atoms with Gasteiger partial charge < -0.3 is 24.3 Å². The highest BCUT2D eigenvalue weighted by Crippen LogP contribution is 2.28. The third-order valence-corrected chi connectivity index (χ3v) is 3.97. The Labute approximate surface area is 170 Å². The summed E-state index contributed by atoms with van der Waals surface area (Å²) >= 11 is 0. The molecule has 0 aliphatic heterocycles. The van der Waals surface area contributed by atoms with Crippen molar-refractivity contribution < 1.29 is 28.5 Å². The second-order valence-corrected chi connectivity index (χ2v) is 6.74. The fraction of sp³-hybridized carbons (Fsp3) is 0.364. The maximum Gasteiger partial charge on any atom is 0.338 e. The van der Waals surface area contributed by atoms with E-state index < -0.39 is 11.9 Å². The van der Waals surface area contributed by atoms with Crippen LogP contribution in [0.25, 0.3) is 0 Å². The van der Waals surface area contributed by atoms with Crippen LogP contribution in [-0.4, -0.2) is 39.3 Å². The monoisotopic (exact) mass is 401 g/mol. The summed E-state index contributed by atoms with van der Waals surface area (Å²) in [4.78, 5) is 24.3. The van der Waals surface area contributed by atoms with Gasteiger partial charge in [-0.1, -0.05) is 32.0 Å². The number of carbonyl (C=O) groups excluding carboxylic acids is 2. The van der Waals surface area contributed by atoms with Crippen molar-refractivity contribution in [1.29, 1.82) is 0 Å². The van der Waals surface area contributed by atoms with Gasteiger partial charge in [-0.25, -0.2) is 4.79 Å². The first-order valence-electron chi connectivity index (χ1n) is 9.31. The minimum Gasteiger partial charge on any atom is -0.496 e. The van der Waals surface area contributed by atoms with E-state index in [1.54, 1.807) is 19.2 Å². The Bertz CT molecular complexity index is 834. The van der Waals surface area contributed by atoms with Crippen molar-refractivity contribution in [3.8, 4) is 17.2 Å². The molecule has 2 aromatic carbocycles. The lowest BCUT2D eigenvalue weighted by Gasteiger charge is -2.13. The molecular formula is C22H27NO6. The van der Waals surface area contributed by atoms with E-state index >= 15 is 0 Å². The fourth-order valence-corrected chi connectivity index (χ4v) is 2.48. The Morgan fingerprint density at radius 2 is 1.69 bits per heavy atom. The Kier molecular flexibility index (Phi) is 8.33. The van der Waals surface area contributed by atoms with Crippen molar-refractivity contribution >= 4 is 11.9 Å². The first-order chi connectivity index (χ1) is 13.9. The van der Waals surface area contributed by atoms with E-state index in [1.165, 1.54) is 13.2 Å². The maximum absolute atomic E-state index is 12.3. The molecule has 0 atom stereocenters. The highest BCUT2D eigenvalue weighted by atomic mass is 16.5. The Balaban J connectivity index is 1.88. The zero-order valence-electron chi connectivity index (χ0n) is 17.2.